The fourth-order valence-electron chi connectivity index (χ4n) is 1.51. The Hall–Kier alpha value is -1.89. The van der Waals surface area contributed by atoms with Crippen LogP contribution in [0.1, 0.15) is 34.1 Å². The Labute approximate surface area is 114 Å². The Morgan fingerprint density at radius 2 is 1.89 bits per heavy atom. The number of anilines is 1. The molecular weight excluding hydrogens is 268 g/mol. The van der Waals surface area contributed by atoms with Crippen LogP contribution >= 0.6 is 11.3 Å². The average Bonchev–Trinajstić information content (AvgIpc) is 2.53. The number of hydrogen-bond donors (Lipinski definition) is 3. The molecule has 0 aromatic carbocycles. The van der Waals surface area contributed by atoms with E-state index in [0.29, 0.717) is 10.6 Å². The molecular formula is C12H16N2O4S. The third kappa shape index (κ3) is 4.06. The zero-order chi connectivity index (χ0) is 14.6. The number of rotatable bonds is 5. The normalized spacial score (nSPS) is 10.1. The Kier molecular flexibility index (Phi) is 5.05. The summed E-state index contributed by atoms with van der Waals surface area (Å²) in [6.45, 7) is 5.11. The van der Waals surface area contributed by atoms with Gasteiger partial charge in [-0.1, -0.05) is 0 Å². The van der Waals surface area contributed by atoms with Gasteiger partial charge in [0.2, 0.25) is 11.8 Å². The number of amides is 2. The fraction of sp³-hybridized carbons (Fsp3) is 0.417. The summed E-state index contributed by atoms with van der Waals surface area (Å²) in [4.78, 5) is 34.3. The molecule has 0 aliphatic carbocycles. The molecule has 0 spiro atoms. The van der Waals surface area contributed by atoms with Crippen molar-refractivity contribution in [1.29, 1.82) is 0 Å². The van der Waals surface area contributed by atoms with Crippen LogP contribution in [0.5, 0.6) is 0 Å². The largest absolute Gasteiger partial charge is 0.478 e. The molecule has 0 aliphatic heterocycles. The van der Waals surface area contributed by atoms with Crippen molar-refractivity contribution in [3.63, 3.8) is 0 Å². The lowest BCUT2D eigenvalue weighted by Gasteiger charge is -2.05. The predicted octanol–water partition coefficient (Wildman–Crippen LogP) is 1.53. The molecule has 0 atom stereocenters. The summed E-state index contributed by atoms with van der Waals surface area (Å²) >= 11 is 1.24. The second-order valence-corrected chi connectivity index (χ2v) is 5.30. The van der Waals surface area contributed by atoms with E-state index in [0.717, 1.165) is 4.88 Å². The van der Waals surface area contributed by atoms with Crippen molar-refractivity contribution in [3.05, 3.63) is 16.0 Å². The minimum Gasteiger partial charge on any atom is -0.478 e. The van der Waals surface area contributed by atoms with Crippen LogP contribution < -0.4 is 10.6 Å². The van der Waals surface area contributed by atoms with E-state index in [1.807, 2.05) is 0 Å². The number of carboxylic acids is 1. The number of carbonyl (C=O) groups excluding carboxylic acids is 2. The van der Waals surface area contributed by atoms with Crippen LogP contribution in [0.15, 0.2) is 0 Å². The monoisotopic (exact) mass is 284 g/mol. The standard InChI is InChI=1S/C12H16N2O4S/c1-6-7(2)19-11(10(6)12(17)18)14-9(16)4-5-13-8(3)15/h4-5H2,1-3H3,(H,13,15)(H,14,16)(H,17,18). The van der Waals surface area contributed by atoms with E-state index >= 15 is 0 Å². The molecule has 19 heavy (non-hydrogen) atoms. The summed E-state index contributed by atoms with van der Waals surface area (Å²) in [6, 6.07) is 0. The van der Waals surface area contributed by atoms with Gasteiger partial charge in [-0.05, 0) is 19.4 Å². The van der Waals surface area contributed by atoms with Gasteiger partial charge in [-0.2, -0.15) is 0 Å². The van der Waals surface area contributed by atoms with E-state index in [1.165, 1.54) is 18.3 Å². The van der Waals surface area contributed by atoms with E-state index in [2.05, 4.69) is 10.6 Å². The van der Waals surface area contributed by atoms with Crippen LogP contribution in [0.4, 0.5) is 5.00 Å². The maximum Gasteiger partial charge on any atom is 0.338 e. The second-order valence-electron chi connectivity index (χ2n) is 4.07. The van der Waals surface area contributed by atoms with Crippen molar-refractivity contribution in [2.24, 2.45) is 0 Å². The van der Waals surface area contributed by atoms with Crippen molar-refractivity contribution in [2.75, 3.05) is 11.9 Å². The van der Waals surface area contributed by atoms with Gasteiger partial charge in [0.15, 0.2) is 0 Å². The van der Waals surface area contributed by atoms with Crippen LogP contribution in [0, 0.1) is 13.8 Å². The van der Waals surface area contributed by atoms with Gasteiger partial charge in [0.05, 0.1) is 5.56 Å². The number of carbonyl (C=O) groups is 3. The molecule has 1 heterocycles. The molecule has 0 radical (unpaired) electrons. The minimum absolute atomic E-state index is 0.106. The van der Waals surface area contributed by atoms with Gasteiger partial charge in [0.1, 0.15) is 5.00 Å². The van der Waals surface area contributed by atoms with Crippen molar-refractivity contribution in [1.82, 2.24) is 5.32 Å². The van der Waals surface area contributed by atoms with Crippen LogP contribution in [0.25, 0.3) is 0 Å². The highest BCUT2D eigenvalue weighted by Crippen LogP contribution is 2.32. The molecule has 0 unspecified atom stereocenters. The molecule has 104 valence electrons. The van der Waals surface area contributed by atoms with E-state index < -0.39 is 5.97 Å². The Bertz CT molecular complexity index is 522. The first-order valence-corrected chi connectivity index (χ1v) is 6.52. The summed E-state index contributed by atoms with van der Waals surface area (Å²) in [5, 5.41) is 14.5. The van der Waals surface area contributed by atoms with Gasteiger partial charge in [-0.15, -0.1) is 11.3 Å². The number of aromatic carboxylic acids is 1. The first kappa shape index (κ1) is 15.2. The first-order valence-electron chi connectivity index (χ1n) is 5.70. The van der Waals surface area contributed by atoms with E-state index in [9.17, 15) is 14.4 Å². The number of aryl methyl sites for hydroxylation is 1. The number of thiophene rings is 1. The predicted molar refractivity (Wildman–Crippen MR) is 72.7 cm³/mol. The van der Waals surface area contributed by atoms with Crippen molar-refractivity contribution >= 4 is 34.1 Å². The lowest BCUT2D eigenvalue weighted by Crippen LogP contribution is -2.25. The number of carboxylic acid groups (broad SMARTS) is 1. The topological polar surface area (TPSA) is 95.5 Å². The molecule has 0 saturated heterocycles. The first-order chi connectivity index (χ1) is 8.82. The summed E-state index contributed by atoms with van der Waals surface area (Å²) in [7, 11) is 0. The summed E-state index contributed by atoms with van der Waals surface area (Å²) in [5.41, 5.74) is 0.796. The van der Waals surface area contributed by atoms with Crippen molar-refractivity contribution in [3.8, 4) is 0 Å². The third-order valence-electron chi connectivity index (χ3n) is 2.58. The van der Waals surface area contributed by atoms with E-state index in [-0.39, 0.29) is 30.3 Å². The number of nitrogens with one attached hydrogen (secondary N) is 2. The van der Waals surface area contributed by atoms with Crippen LogP contribution in [-0.2, 0) is 9.59 Å². The van der Waals surface area contributed by atoms with E-state index in [1.54, 1.807) is 13.8 Å². The summed E-state index contributed by atoms with van der Waals surface area (Å²) < 4.78 is 0. The Morgan fingerprint density at radius 3 is 2.42 bits per heavy atom. The van der Waals surface area contributed by atoms with Crippen LogP contribution in [0.3, 0.4) is 0 Å². The molecule has 0 saturated carbocycles. The average molecular weight is 284 g/mol. The molecule has 1 aromatic rings. The van der Waals surface area contributed by atoms with Gasteiger partial charge in [0, 0.05) is 24.8 Å². The quantitative estimate of drug-likeness (QED) is 0.764. The highest BCUT2D eigenvalue weighted by atomic mass is 32.1. The highest BCUT2D eigenvalue weighted by molar-refractivity contribution is 7.16. The Morgan fingerprint density at radius 1 is 1.26 bits per heavy atom. The van der Waals surface area contributed by atoms with Gasteiger partial charge in [-0.3, -0.25) is 9.59 Å². The van der Waals surface area contributed by atoms with Crippen molar-refractivity contribution < 1.29 is 19.5 Å². The molecule has 2 amide bonds. The van der Waals surface area contributed by atoms with Crippen molar-refractivity contribution in [2.45, 2.75) is 27.2 Å². The zero-order valence-electron chi connectivity index (χ0n) is 11.0. The minimum atomic E-state index is -1.06. The molecule has 0 bridgehead atoms. The van der Waals surface area contributed by atoms with Crippen LogP contribution in [-0.4, -0.2) is 29.4 Å². The highest BCUT2D eigenvalue weighted by Gasteiger charge is 2.20. The van der Waals surface area contributed by atoms with Gasteiger partial charge >= 0.3 is 5.97 Å². The zero-order valence-corrected chi connectivity index (χ0v) is 11.8. The van der Waals surface area contributed by atoms with Gasteiger partial charge in [-0.25, -0.2) is 4.79 Å². The van der Waals surface area contributed by atoms with Gasteiger partial charge in [0.25, 0.3) is 0 Å². The third-order valence-corrected chi connectivity index (χ3v) is 3.70. The van der Waals surface area contributed by atoms with Gasteiger partial charge < -0.3 is 15.7 Å². The van der Waals surface area contributed by atoms with Crippen LogP contribution in [0.2, 0.25) is 0 Å². The Balaban J connectivity index is 2.72. The molecule has 0 aliphatic rings. The number of hydrogen-bond acceptors (Lipinski definition) is 4. The molecule has 7 heteroatoms. The maximum atomic E-state index is 11.6. The maximum absolute atomic E-state index is 11.6. The lowest BCUT2D eigenvalue weighted by molar-refractivity contribution is -0.119. The summed E-state index contributed by atoms with van der Waals surface area (Å²) in [5.74, 6) is -1.58. The fourth-order valence-corrected chi connectivity index (χ4v) is 2.58. The second kappa shape index (κ2) is 6.33. The smallest absolute Gasteiger partial charge is 0.338 e. The molecule has 1 aromatic heterocycles. The molecule has 1 rings (SSSR count). The summed E-state index contributed by atoms with van der Waals surface area (Å²) in [6.07, 6.45) is 0.106. The molecule has 3 N–H and O–H groups in total. The molecule has 6 nitrogen and oxygen atoms in total. The lowest BCUT2D eigenvalue weighted by atomic mass is 10.1. The van der Waals surface area contributed by atoms with E-state index in [4.69, 9.17) is 5.11 Å². The molecule has 0 fully saturated rings. The SMILES string of the molecule is CC(=O)NCCC(=O)Nc1sc(C)c(C)c1C(=O)O.